The van der Waals surface area contributed by atoms with Crippen LogP contribution in [0.4, 0.5) is 5.69 Å². The third-order valence-electron chi connectivity index (χ3n) is 3.31. The summed E-state index contributed by atoms with van der Waals surface area (Å²) in [7, 11) is 3.31. The van der Waals surface area contributed by atoms with E-state index in [9.17, 15) is 0 Å². The first-order valence-corrected chi connectivity index (χ1v) is 7.81. The molecule has 1 unspecified atom stereocenters. The van der Waals surface area contributed by atoms with E-state index in [4.69, 9.17) is 14.5 Å². The monoisotopic (exact) mass is 294 g/mol. The van der Waals surface area contributed by atoms with Crippen LogP contribution in [0, 0.1) is 5.92 Å². The van der Waals surface area contributed by atoms with Gasteiger partial charge in [-0.2, -0.15) is 0 Å². The first-order chi connectivity index (χ1) is 9.62. The van der Waals surface area contributed by atoms with Gasteiger partial charge in [-0.25, -0.2) is 0 Å². The molecule has 2 rings (SSSR count). The van der Waals surface area contributed by atoms with Crippen molar-refractivity contribution < 1.29 is 9.47 Å². The van der Waals surface area contributed by atoms with Crippen molar-refractivity contribution in [1.29, 1.82) is 0 Å². The van der Waals surface area contributed by atoms with E-state index >= 15 is 0 Å². The molecule has 1 aromatic carbocycles. The maximum atomic E-state index is 5.28. The number of thioether (sulfide) groups is 1. The molecule has 0 aromatic heterocycles. The molecule has 0 saturated carbocycles. The lowest BCUT2D eigenvalue weighted by Gasteiger charge is -2.23. The van der Waals surface area contributed by atoms with Crippen molar-refractivity contribution in [3.05, 3.63) is 18.2 Å². The van der Waals surface area contributed by atoms with Crippen molar-refractivity contribution in [2.24, 2.45) is 10.9 Å². The molecule has 1 atom stereocenters. The number of aliphatic imine (C=N–C) groups is 1. The highest BCUT2D eigenvalue weighted by atomic mass is 32.2. The van der Waals surface area contributed by atoms with Crippen molar-refractivity contribution in [1.82, 2.24) is 0 Å². The topological polar surface area (TPSA) is 42.8 Å². The number of nitrogens with zero attached hydrogens (tertiary/aromatic N) is 1. The van der Waals surface area contributed by atoms with Crippen LogP contribution in [-0.4, -0.2) is 31.2 Å². The van der Waals surface area contributed by atoms with Crippen LogP contribution < -0.4 is 14.8 Å². The van der Waals surface area contributed by atoms with E-state index in [0.29, 0.717) is 12.0 Å². The smallest absolute Gasteiger partial charge is 0.161 e. The minimum absolute atomic E-state index is 0.409. The Morgan fingerprint density at radius 1 is 1.20 bits per heavy atom. The molecule has 0 amide bonds. The lowest BCUT2D eigenvalue weighted by Crippen LogP contribution is -2.23. The predicted molar refractivity (Wildman–Crippen MR) is 86.3 cm³/mol. The van der Waals surface area contributed by atoms with E-state index in [1.165, 1.54) is 0 Å². The molecule has 0 spiro atoms. The van der Waals surface area contributed by atoms with E-state index in [-0.39, 0.29) is 0 Å². The molecule has 0 radical (unpaired) electrons. The number of ether oxygens (including phenoxy) is 2. The van der Waals surface area contributed by atoms with Crippen LogP contribution in [0.2, 0.25) is 0 Å². The Balaban J connectivity index is 2.16. The Morgan fingerprint density at radius 2 is 1.85 bits per heavy atom. The SMILES string of the molecule is COc1cc(NC2=NC(C(C)C)CCS2)cc(OC)c1. The van der Waals surface area contributed by atoms with Gasteiger partial charge in [0.25, 0.3) is 0 Å². The van der Waals surface area contributed by atoms with Gasteiger partial charge in [0.2, 0.25) is 0 Å². The number of methoxy groups -OCH3 is 2. The largest absolute Gasteiger partial charge is 0.497 e. The number of anilines is 1. The van der Waals surface area contributed by atoms with Gasteiger partial charge in [-0.3, -0.25) is 4.99 Å². The van der Waals surface area contributed by atoms with E-state index in [2.05, 4.69) is 19.2 Å². The standard InChI is InChI=1S/C15H22N2O2S/c1-10(2)14-5-6-20-15(17-14)16-11-7-12(18-3)9-13(8-11)19-4/h7-10,14H,5-6H2,1-4H3,(H,16,17). The normalized spacial score (nSPS) is 18.6. The minimum atomic E-state index is 0.409. The second-order valence-electron chi connectivity index (χ2n) is 5.11. The van der Waals surface area contributed by atoms with Crippen molar-refractivity contribution in [3.8, 4) is 11.5 Å². The van der Waals surface area contributed by atoms with Crippen LogP contribution in [0.25, 0.3) is 0 Å². The van der Waals surface area contributed by atoms with Gasteiger partial charge in [0, 0.05) is 29.6 Å². The summed E-state index contributed by atoms with van der Waals surface area (Å²) in [5, 5.41) is 4.35. The van der Waals surface area contributed by atoms with Crippen LogP contribution in [0.3, 0.4) is 0 Å². The zero-order chi connectivity index (χ0) is 14.5. The van der Waals surface area contributed by atoms with Gasteiger partial charge in [0.1, 0.15) is 11.5 Å². The lowest BCUT2D eigenvalue weighted by molar-refractivity contribution is 0.395. The molecule has 4 nitrogen and oxygen atoms in total. The molecule has 0 saturated heterocycles. The summed E-state index contributed by atoms with van der Waals surface area (Å²) in [5.41, 5.74) is 0.942. The van der Waals surface area contributed by atoms with Crippen molar-refractivity contribution in [2.45, 2.75) is 26.3 Å². The Kier molecular flexibility index (Phi) is 5.17. The van der Waals surface area contributed by atoms with Crippen molar-refractivity contribution >= 4 is 22.6 Å². The third kappa shape index (κ3) is 3.82. The molecular formula is C15H22N2O2S. The molecule has 5 heteroatoms. The number of benzene rings is 1. The van der Waals surface area contributed by atoms with Gasteiger partial charge in [-0.05, 0) is 12.3 Å². The van der Waals surface area contributed by atoms with E-state index in [1.807, 2.05) is 18.2 Å². The molecule has 110 valence electrons. The minimum Gasteiger partial charge on any atom is -0.497 e. The summed E-state index contributed by atoms with van der Waals surface area (Å²) in [6.07, 6.45) is 1.15. The average Bonchev–Trinajstić information content (AvgIpc) is 2.47. The summed E-state index contributed by atoms with van der Waals surface area (Å²) in [5.74, 6) is 3.23. The van der Waals surface area contributed by atoms with Crippen LogP contribution >= 0.6 is 11.8 Å². The van der Waals surface area contributed by atoms with Crippen LogP contribution in [0.15, 0.2) is 23.2 Å². The molecule has 1 aliphatic heterocycles. The zero-order valence-electron chi connectivity index (χ0n) is 12.5. The second kappa shape index (κ2) is 6.88. The quantitative estimate of drug-likeness (QED) is 0.921. The molecule has 1 aliphatic rings. The number of hydrogen-bond donors (Lipinski definition) is 1. The summed E-state index contributed by atoms with van der Waals surface area (Å²) < 4.78 is 10.6. The first-order valence-electron chi connectivity index (χ1n) is 6.83. The van der Waals surface area contributed by atoms with Gasteiger partial charge >= 0.3 is 0 Å². The number of nitrogens with one attached hydrogen (secondary N) is 1. The van der Waals surface area contributed by atoms with Crippen molar-refractivity contribution in [2.75, 3.05) is 25.3 Å². The highest BCUT2D eigenvalue weighted by Crippen LogP contribution is 2.28. The van der Waals surface area contributed by atoms with Crippen LogP contribution in [0.5, 0.6) is 11.5 Å². The van der Waals surface area contributed by atoms with E-state index in [1.54, 1.807) is 26.0 Å². The predicted octanol–water partition coefficient (Wildman–Crippen LogP) is 3.63. The zero-order valence-corrected chi connectivity index (χ0v) is 13.3. The average molecular weight is 294 g/mol. The number of rotatable bonds is 4. The molecular weight excluding hydrogens is 272 g/mol. The molecule has 1 N–H and O–H groups in total. The third-order valence-corrected chi connectivity index (χ3v) is 4.23. The van der Waals surface area contributed by atoms with Crippen LogP contribution in [-0.2, 0) is 0 Å². The van der Waals surface area contributed by atoms with Crippen LogP contribution in [0.1, 0.15) is 20.3 Å². The summed E-state index contributed by atoms with van der Waals surface area (Å²) >= 11 is 1.76. The lowest BCUT2D eigenvalue weighted by atomic mass is 10.0. The Labute approximate surface area is 125 Å². The fourth-order valence-electron chi connectivity index (χ4n) is 2.08. The second-order valence-corrected chi connectivity index (χ2v) is 6.19. The fraction of sp³-hybridized carbons (Fsp3) is 0.533. The Morgan fingerprint density at radius 3 is 2.40 bits per heavy atom. The molecule has 0 bridgehead atoms. The first kappa shape index (κ1) is 15.0. The Bertz CT molecular complexity index is 467. The summed E-state index contributed by atoms with van der Waals surface area (Å²) in [6.45, 7) is 4.44. The van der Waals surface area contributed by atoms with E-state index < -0.39 is 0 Å². The highest BCUT2D eigenvalue weighted by Gasteiger charge is 2.18. The number of hydrogen-bond acceptors (Lipinski definition) is 5. The van der Waals surface area contributed by atoms with Gasteiger partial charge in [0.05, 0.1) is 20.3 Å². The van der Waals surface area contributed by atoms with Gasteiger partial charge in [-0.1, -0.05) is 25.6 Å². The number of amidine groups is 1. The molecule has 1 heterocycles. The molecule has 1 aromatic rings. The van der Waals surface area contributed by atoms with E-state index in [0.717, 1.165) is 34.5 Å². The summed E-state index contributed by atoms with van der Waals surface area (Å²) in [4.78, 5) is 4.77. The van der Waals surface area contributed by atoms with Gasteiger partial charge < -0.3 is 14.8 Å². The Hall–Kier alpha value is -1.36. The van der Waals surface area contributed by atoms with Gasteiger partial charge in [0.15, 0.2) is 5.17 Å². The molecule has 0 fully saturated rings. The van der Waals surface area contributed by atoms with Gasteiger partial charge in [-0.15, -0.1) is 0 Å². The van der Waals surface area contributed by atoms with Crippen molar-refractivity contribution in [3.63, 3.8) is 0 Å². The fourth-order valence-corrected chi connectivity index (χ4v) is 3.04. The highest BCUT2D eigenvalue weighted by molar-refractivity contribution is 8.14. The molecule has 0 aliphatic carbocycles. The summed E-state index contributed by atoms with van der Waals surface area (Å²) in [6, 6.07) is 6.17. The maximum Gasteiger partial charge on any atom is 0.161 e. The molecule has 20 heavy (non-hydrogen) atoms. The maximum absolute atomic E-state index is 5.28.